The van der Waals surface area contributed by atoms with Gasteiger partial charge in [0.25, 0.3) is 0 Å². The molecule has 7 nitrogen and oxygen atoms in total. The lowest BCUT2D eigenvalue weighted by Gasteiger charge is -2.32. The Morgan fingerprint density at radius 1 is 1.12 bits per heavy atom. The van der Waals surface area contributed by atoms with E-state index in [1.807, 2.05) is 24.3 Å². The second-order valence-electron chi connectivity index (χ2n) is 6.91. The van der Waals surface area contributed by atoms with E-state index >= 15 is 0 Å². The summed E-state index contributed by atoms with van der Waals surface area (Å²) >= 11 is 0. The van der Waals surface area contributed by atoms with Crippen LogP contribution in [0, 0.1) is 0 Å². The highest BCUT2D eigenvalue weighted by Crippen LogP contribution is 2.21. The van der Waals surface area contributed by atoms with Crippen LogP contribution in [-0.4, -0.2) is 53.5 Å². The highest BCUT2D eigenvalue weighted by Gasteiger charge is 2.29. The molecule has 3 rings (SSSR count). The Kier molecular flexibility index (Phi) is 5.88. The predicted octanol–water partition coefficient (Wildman–Crippen LogP) is 1.37. The topological polar surface area (TPSA) is 89.9 Å². The van der Waals surface area contributed by atoms with Gasteiger partial charge in [0, 0.05) is 25.2 Å². The molecule has 2 fully saturated rings. The molecule has 0 bridgehead atoms. The van der Waals surface area contributed by atoms with Crippen LogP contribution in [0.2, 0.25) is 0 Å². The molecule has 1 aromatic carbocycles. The van der Waals surface area contributed by atoms with Crippen molar-refractivity contribution in [3.63, 3.8) is 0 Å². The highest BCUT2D eigenvalue weighted by molar-refractivity contribution is 5.95. The van der Waals surface area contributed by atoms with Gasteiger partial charge >= 0.3 is 5.97 Å². The second-order valence-corrected chi connectivity index (χ2v) is 6.91. The number of nitrogens with one attached hydrogen (secondary N) is 1. The van der Waals surface area contributed by atoms with Crippen molar-refractivity contribution in [1.82, 2.24) is 10.2 Å². The van der Waals surface area contributed by atoms with Crippen LogP contribution in [0.1, 0.15) is 37.7 Å². The second kappa shape index (κ2) is 8.31. The van der Waals surface area contributed by atoms with Crippen LogP contribution in [0.5, 0.6) is 0 Å². The minimum atomic E-state index is -0.857. The lowest BCUT2D eigenvalue weighted by molar-refractivity contribution is -0.145. The molecule has 2 aliphatic rings. The predicted molar refractivity (Wildman–Crippen MR) is 96.7 cm³/mol. The van der Waals surface area contributed by atoms with E-state index in [0.29, 0.717) is 25.9 Å². The van der Waals surface area contributed by atoms with Gasteiger partial charge in [0.15, 0.2) is 0 Å². The smallest absolute Gasteiger partial charge is 0.320 e. The zero-order valence-corrected chi connectivity index (χ0v) is 14.8. The van der Waals surface area contributed by atoms with Crippen LogP contribution >= 0.6 is 0 Å². The van der Waals surface area contributed by atoms with E-state index in [1.54, 1.807) is 9.80 Å². The number of aliphatic carboxylic acids is 1. The molecular formula is C19H25N3O4. The molecule has 0 saturated carbocycles. The molecule has 0 radical (unpaired) electrons. The van der Waals surface area contributed by atoms with Crippen molar-refractivity contribution >= 4 is 23.5 Å². The molecule has 140 valence electrons. The summed E-state index contributed by atoms with van der Waals surface area (Å²) in [5, 5.41) is 12.1. The standard InChI is InChI=1S/C19H25N3O4/c23-17(13-21-10-2-1-4-16(21)19(25)26)20-12-14-6-8-15(9-7-14)22-11-3-5-18(22)24/h6-9,16H,1-5,10-13H2,(H,20,23)(H,25,26). The summed E-state index contributed by atoms with van der Waals surface area (Å²) in [4.78, 5) is 38.7. The van der Waals surface area contributed by atoms with Gasteiger partial charge in [0.2, 0.25) is 11.8 Å². The summed E-state index contributed by atoms with van der Waals surface area (Å²) in [6.45, 7) is 1.90. The first-order valence-corrected chi connectivity index (χ1v) is 9.17. The van der Waals surface area contributed by atoms with Gasteiger partial charge in [-0.15, -0.1) is 0 Å². The Balaban J connectivity index is 1.49. The van der Waals surface area contributed by atoms with Gasteiger partial charge in [-0.25, -0.2) is 0 Å². The van der Waals surface area contributed by atoms with Crippen molar-refractivity contribution in [2.75, 3.05) is 24.5 Å². The number of hydrogen-bond acceptors (Lipinski definition) is 4. The highest BCUT2D eigenvalue weighted by atomic mass is 16.4. The molecule has 1 aromatic rings. The maximum atomic E-state index is 12.2. The maximum Gasteiger partial charge on any atom is 0.320 e. The number of hydrogen-bond donors (Lipinski definition) is 2. The van der Waals surface area contributed by atoms with E-state index in [1.165, 1.54) is 0 Å². The van der Waals surface area contributed by atoms with Gasteiger partial charge in [-0.3, -0.25) is 19.3 Å². The Bertz CT molecular complexity index is 674. The van der Waals surface area contributed by atoms with Crippen LogP contribution in [0.15, 0.2) is 24.3 Å². The first-order chi connectivity index (χ1) is 12.5. The molecule has 2 amide bonds. The molecule has 2 aliphatic heterocycles. The fourth-order valence-electron chi connectivity index (χ4n) is 3.62. The zero-order chi connectivity index (χ0) is 18.5. The quantitative estimate of drug-likeness (QED) is 0.801. The maximum absolute atomic E-state index is 12.2. The molecule has 2 saturated heterocycles. The summed E-state index contributed by atoms with van der Waals surface area (Å²) in [5.41, 5.74) is 1.84. The van der Waals surface area contributed by atoms with Crippen molar-refractivity contribution < 1.29 is 19.5 Å². The van der Waals surface area contributed by atoms with E-state index in [4.69, 9.17) is 0 Å². The monoisotopic (exact) mass is 359 g/mol. The lowest BCUT2D eigenvalue weighted by atomic mass is 10.0. The van der Waals surface area contributed by atoms with Crippen molar-refractivity contribution in [3.05, 3.63) is 29.8 Å². The SMILES string of the molecule is O=C(CN1CCCCC1C(=O)O)NCc1ccc(N2CCCC2=O)cc1. The summed E-state index contributed by atoms with van der Waals surface area (Å²) in [5.74, 6) is -0.873. The average molecular weight is 359 g/mol. The van der Waals surface area contributed by atoms with Crippen molar-refractivity contribution in [2.45, 2.75) is 44.7 Å². The lowest BCUT2D eigenvalue weighted by Crippen LogP contribution is -2.48. The third-order valence-electron chi connectivity index (χ3n) is 5.06. The molecule has 0 spiro atoms. The fourth-order valence-corrected chi connectivity index (χ4v) is 3.62. The van der Waals surface area contributed by atoms with Gasteiger partial charge < -0.3 is 15.3 Å². The van der Waals surface area contributed by atoms with Crippen LogP contribution in [0.25, 0.3) is 0 Å². The third-order valence-corrected chi connectivity index (χ3v) is 5.06. The van der Waals surface area contributed by atoms with Gasteiger partial charge in [-0.2, -0.15) is 0 Å². The fraction of sp³-hybridized carbons (Fsp3) is 0.526. The molecule has 0 aliphatic carbocycles. The number of carboxylic acid groups (broad SMARTS) is 1. The Morgan fingerprint density at radius 2 is 1.88 bits per heavy atom. The van der Waals surface area contributed by atoms with Gasteiger partial charge in [-0.05, 0) is 43.5 Å². The van der Waals surface area contributed by atoms with Gasteiger partial charge in [0.1, 0.15) is 6.04 Å². The molecule has 7 heteroatoms. The van der Waals surface area contributed by atoms with Crippen LogP contribution in [0.3, 0.4) is 0 Å². The van der Waals surface area contributed by atoms with E-state index in [9.17, 15) is 19.5 Å². The van der Waals surface area contributed by atoms with E-state index in [0.717, 1.165) is 37.1 Å². The number of carbonyl (C=O) groups excluding carboxylic acids is 2. The van der Waals surface area contributed by atoms with E-state index in [-0.39, 0.29) is 18.4 Å². The number of nitrogens with zero attached hydrogens (tertiary/aromatic N) is 2. The summed E-state index contributed by atoms with van der Waals surface area (Å²) in [6.07, 6.45) is 3.91. The molecule has 2 heterocycles. The van der Waals surface area contributed by atoms with Gasteiger partial charge in [-0.1, -0.05) is 18.6 Å². The number of piperidine rings is 1. The molecule has 0 aromatic heterocycles. The number of likely N-dealkylation sites (tertiary alicyclic amines) is 1. The minimum Gasteiger partial charge on any atom is -0.480 e. The first kappa shape index (κ1) is 18.4. The Labute approximate surface area is 153 Å². The summed E-state index contributed by atoms with van der Waals surface area (Å²) < 4.78 is 0. The number of carbonyl (C=O) groups is 3. The first-order valence-electron chi connectivity index (χ1n) is 9.17. The van der Waals surface area contributed by atoms with Crippen LogP contribution < -0.4 is 10.2 Å². The molecule has 2 N–H and O–H groups in total. The molecule has 1 atom stereocenters. The van der Waals surface area contributed by atoms with Crippen LogP contribution in [0.4, 0.5) is 5.69 Å². The third kappa shape index (κ3) is 4.40. The van der Waals surface area contributed by atoms with E-state index < -0.39 is 12.0 Å². The van der Waals surface area contributed by atoms with Crippen molar-refractivity contribution in [2.24, 2.45) is 0 Å². The summed E-state index contributed by atoms with van der Waals surface area (Å²) in [7, 11) is 0. The van der Waals surface area contributed by atoms with E-state index in [2.05, 4.69) is 5.32 Å². The Morgan fingerprint density at radius 3 is 2.54 bits per heavy atom. The molecule has 26 heavy (non-hydrogen) atoms. The molecular weight excluding hydrogens is 334 g/mol. The molecule has 1 unspecified atom stereocenters. The minimum absolute atomic E-state index is 0.108. The number of rotatable bonds is 6. The van der Waals surface area contributed by atoms with Crippen LogP contribution in [-0.2, 0) is 20.9 Å². The zero-order valence-electron chi connectivity index (χ0n) is 14.8. The number of amides is 2. The van der Waals surface area contributed by atoms with Gasteiger partial charge in [0.05, 0.1) is 6.54 Å². The summed E-state index contributed by atoms with van der Waals surface area (Å²) in [6, 6.07) is 7.04. The largest absolute Gasteiger partial charge is 0.480 e. The number of benzene rings is 1. The normalized spacial score (nSPS) is 21.0. The Hall–Kier alpha value is -2.41. The number of carboxylic acids is 1. The number of anilines is 1. The average Bonchev–Trinajstić information content (AvgIpc) is 3.07. The van der Waals surface area contributed by atoms with Crippen molar-refractivity contribution in [3.8, 4) is 0 Å². The van der Waals surface area contributed by atoms with Crippen molar-refractivity contribution in [1.29, 1.82) is 0 Å².